The van der Waals surface area contributed by atoms with E-state index in [1.165, 1.54) is 0 Å². The van der Waals surface area contributed by atoms with Crippen LogP contribution < -0.4 is 10.6 Å². The van der Waals surface area contributed by atoms with Crippen LogP contribution in [-0.4, -0.2) is 42.8 Å². The van der Waals surface area contributed by atoms with Gasteiger partial charge in [0.1, 0.15) is 0 Å². The third-order valence-corrected chi connectivity index (χ3v) is 3.87. The summed E-state index contributed by atoms with van der Waals surface area (Å²) in [6.45, 7) is 3.67. The molecule has 1 heterocycles. The lowest BCUT2D eigenvalue weighted by molar-refractivity contribution is 0.0957. The molecular weight excluding hydrogens is 308 g/mol. The Bertz CT molecular complexity index is 619. The second kappa shape index (κ2) is 8.77. The third kappa shape index (κ3) is 5.16. The molecule has 7 nitrogen and oxygen atoms in total. The van der Waals surface area contributed by atoms with Gasteiger partial charge in [0.05, 0.1) is 18.2 Å². The first-order valence-corrected chi connectivity index (χ1v) is 8.07. The SMILES string of the molecule is CCOC(=O)N1CCC(NC(=O)NCc2cccc(C#N)c2)CC1. The molecule has 1 aliphatic heterocycles. The molecule has 0 saturated carbocycles. The van der Waals surface area contributed by atoms with Gasteiger partial charge in [-0.05, 0) is 37.5 Å². The zero-order valence-electron chi connectivity index (χ0n) is 13.7. The molecule has 0 aliphatic carbocycles. The van der Waals surface area contributed by atoms with Gasteiger partial charge in [-0.3, -0.25) is 0 Å². The number of nitrogens with one attached hydrogen (secondary N) is 2. The Balaban J connectivity index is 1.72. The minimum absolute atomic E-state index is 0.0427. The van der Waals surface area contributed by atoms with Gasteiger partial charge < -0.3 is 20.3 Å². The number of carbonyl (C=O) groups is 2. The molecule has 0 radical (unpaired) electrons. The summed E-state index contributed by atoms with van der Waals surface area (Å²) in [4.78, 5) is 25.2. The lowest BCUT2D eigenvalue weighted by Crippen LogP contribution is -2.49. The fraction of sp³-hybridized carbons (Fsp3) is 0.471. The molecule has 2 rings (SSSR count). The second-order valence-corrected chi connectivity index (χ2v) is 5.60. The van der Waals surface area contributed by atoms with E-state index < -0.39 is 0 Å². The van der Waals surface area contributed by atoms with Gasteiger partial charge in [-0.1, -0.05) is 12.1 Å². The van der Waals surface area contributed by atoms with Crippen molar-refractivity contribution in [1.29, 1.82) is 5.26 Å². The van der Waals surface area contributed by atoms with Crippen molar-refractivity contribution in [2.75, 3.05) is 19.7 Å². The number of likely N-dealkylation sites (tertiary alicyclic amines) is 1. The largest absolute Gasteiger partial charge is 0.450 e. The molecule has 0 atom stereocenters. The van der Waals surface area contributed by atoms with E-state index in [0.29, 0.717) is 44.6 Å². The second-order valence-electron chi connectivity index (χ2n) is 5.60. The van der Waals surface area contributed by atoms with Crippen molar-refractivity contribution >= 4 is 12.1 Å². The van der Waals surface area contributed by atoms with E-state index in [2.05, 4.69) is 16.7 Å². The maximum atomic E-state index is 12.0. The number of nitrogens with zero attached hydrogens (tertiary/aromatic N) is 2. The Labute approximate surface area is 141 Å². The smallest absolute Gasteiger partial charge is 0.409 e. The van der Waals surface area contributed by atoms with Crippen LogP contribution in [0.2, 0.25) is 0 Å². The number of ether oxygens (including phenoxy) is 1. The first-order valence-electron chi connectivity index (χ1n) is 8.07. The van der Waals surface area contributed by atoms with E-state index in [-0.39, 0.29) is 18.2 Å². The summed E-state index contributed by atoms with van der Waals surface area (Å²) in [6, 6.07) is 8.99. The Kier molecular flexibility index (Phi) is 6.43. The number of urea groups is 1. The molecule has 128 valence electrons. The lowest BCUT2D eigenvalue weighted by Gasteiger charge is -2.31. The predicted octanol–water partition coefficient (Wildman–Crippen LogP) is 1.98. The van der Waals surface area contributed by atoms with Crippen molar-refractivity contribution in [1.82, 2.24) is 15.5 Å². The highest BCUT2D eigenvalue weighted by atomic mass is 16.6. The summed E-state index contributed by atoms with van der Waals surface area (Å²) in [5.74, 6) is 0. The minimum Gasteiger partial charge on any atom is -0.450 e. The van der Waals surface area contributed by atoms with Crippen LogP contribution in [-0.2, 0) is 11.3 Å². The van der Waals surface area contributed by atoms with Gasteiger partial charge in [0.15, 0.2) is 0 Å². The number of amides is 3. The van der Waals surface area contributed by atoms with Crippen molar-refractivity contribution in [2.45, 2.75) is 32.4 Å². The molecule has 0 bridgehead atoms. The molecule has 7 heteroatoms. The summed E-state index contributed by atoms with van der Waals surface area (Å²) in [7, 11) is 0. The number of hydrogen-bond acceptors (Lipinski definition) is 4. The van der Waals surface area contributed by atoms with Gasteiger partial charge in [0.25, 0.3) is 0 Å². The quantitative estimate of drug-likeness (QED) is 0.882. The summed E-state index contributed by atoms with van der Waals surface area (Å²) in [5, 5.41) is 14.6. The molecule has 0 aromatic heterocycles. The summed E-state index contributed by atoms with van der Waals surface area (Å²) >= 11 is 0. The topological polar surface area (TPSA) is 94.5 Å². The average Bonchev–Trinajstić information content (AvgIpc) is 2.61. The van der Waals surface area contributed by atoms with Crippen molar-refractivity contribution in [3.8, 4) is 6.07 Å². The van der Waals surface area contributed by atoms with Crippen LogP contribution in [0, 0.1) is 11.3 Å². The van der Waals surface area contributed by atoms with Crippen LogP contribution in [0.3, 0.4) is 0 Å². The molecule has 1 saturated heterocycles. The Hall–Kier alpha value is -2.75. The van der Waals surface area contributed by atoms with Crippen LogP contribution in [0.5, 0.6) is 0 Å². The molecule has 0 spiro atoms. The zero-order chi connectivity index (χ0) is 17.4. The molecule has 3 amide bonds. The van der Waals surface area contributed by atoms with Gasteiger partial charge >= 0.3 is 12.1 Å². The standard InChI is InChI=1S/C17H22N4O3/c1-2-24-17(23)21-8-6-15(7-9-21)20-16(22)19-12-14-5-3-4-13(10-14)11-18/h3-5,10,15H,2,6-9,12H2,1H3,(H2,19,20,22). The Morgan fingerprint density at radius 1 is 1.38 bits per heavy atom. The monoisotopic (exact) mass is 330 g/mol. The molecular formula is C17H22N4O3. The fourth-order valence-corrected chi connectivity index (χ4v) is 2.59. The van der Waals surface area contributed by atoms with E-state index in [9.17, 15) is 9.59 Å². The first kappa shape index (κ1) is 17.6. The van der Waals surface area contributed by atoms with Crippen molar-refractivity contribution in [3.63, 3.8) is 0 Å². The predicted molar refractivity (Wildman–Crippen MR) is 88.1 cm³/mol. The normalized spacial score (nSPS) is 14.6. The minimum atomic E-state index is -0.294. The number of benzene rings is 1. The average molecular weight is 330 g/mol. The molecule has 0 unspecified atom stereocenters. The highest BCUT2D eigenvalue weighted by Crippen LogP contribution is 2.11. The van der Waals surface area contributed by atoms with Crippen LogP contribution >= 0.6 is 0 Å². The molecule has 2 N–H and O–H groups in total. The Morgan fingerprint density at radius 2 is 2.12 bits per heavy atom. The number of rotatable bonds is 4. The van der Waals surface area contributed by atoms with Crippen molar-refractivity contribution in [2.24, 2.45) is 0 Å². The maximum Gasteiger partial charge on any atom is 0.409 e. The van der Waals surface area contributed by atoms with Crippen molar-refractivity contribution < 1.29 is 14.3 Å². The summed E-state index contributed by atoms with van der Waals surface area (Å²) in [6.07, 6.45) is 1.12. The molecule has 24 heavy (non-hydrogen) atoms. The zero-order valence-corrected chi connectivity index (χ0v) is 13.7. The van der Waals surface area contributed by atoms with Gasteiger partial charge in [0, 0.05) is 25.7 Å². The number of carbonyl (C=O) groups excluding carboxylic acids is 2. The van der Waals surface area contributed by atoms with Crippen molar-refractivity contribution in [3.05, 3.63) is 35.4 Å². The molecule has 1 fully saturated rings. The van der Waals surface area contributed by atoms with E-state index >= 15 is 0 Å². The molecule has 1 aromatic carbocycles. The van der Waals surface area contributed by atoms with Gasteiger partial charge in [-0.25, -0.2) is 9.59 Å². The van der Waals surface area contributed by atoms with E-state index in [0.717, 1.165) is 5.56 Å². The van der Waals surface area contributed by atoms with Crippen LogP contribution in [0.15, 0.2) is 24.3 Å². The molecule has 1 aliphatic rings. The van der Waals surface area contributed by atoms with E-state index in [1.54, 1.807) is 30.0 Å². The van der Waals surface area contributed by atoms with E-state index in [4.69, 9.17) is 10.00 Å². The van der Waals surface area contributed by atoms with Crippen LogP contribution in [0.1, 0.15) is 30.9 Å². The van der Waals surface area contributed by atoms with Gasteiger partial charge in [-0.15, -0.1) is 0 Å². The van der Waals surface area contributed by atoms with E-state index in [1.807, 2.05) is 6.07 Å². The highest BCUT2D eigenvalue weighted by molar-refractivity contribution is 5.74. The first-order chi connectivity index (χ1) is 11.6. The van der Waals surface area contributed by atoms with Crippen LogP contribution in [0.4, 0.5) is 9.59 Å². The molecule has 1 aromatic rings. The van der Waals surface area contributed by atoms with Crippen LogP contribution in [0.25, 0.3) is 0 Å². The van der Waals surface area contributed by atoms with Gasteiger partial charge in [-0.2, -0.15) is 5.26 Å². The fourth-order valence-electron chi connectivity index (χ4n) is 2.59. The number of hydrogen-bond donors (Lipinski definition) is 2. The number of nitriles is 1. The maximum absolute atomic E-state index is 12.0. The summed E-state index contributed by atoms with van der Waals surface area (Å²) < 4.78 is 4.97. The van der Waals surface area contributed by atoms with Gasteiger partial charge in [0.2, 0.25) is 0 Å². The highest BCUT2D eigenvalue weighted by Gasteiger charge is 2.24. The third-order valence-electron chi connectivity index (χ3n) is 3.87. The summed E-state index contributed by atoms with van der Waals surface area (Å²) in [5.41, 5.74) is 1.45. The lowest BCUT2D eigenvalue weighted by atomic mass is 10.1. The number of piperidine rings is 1. The Morgan fingerprint density at radius 3 is 2.79 bits per heavy atom.